The molecule has 1 aromatic rings. The second-order valence-corrected chi connectivity index (χ2v) is 1.76. The van der Waals surface area contributed by atoms with Crippen molar-refractivity contribution in [2.75, 3.05) is 5.32 Å². The first kappa shape index (κ1) is 7.46. The van der Waals surface area contributed by atoms with Crippen molar-refractivity contribution in [1.82, 2.24) is 4.98 Å². The van der Waals surface area contributed by atoms with Crippen LogP contribution in [-0.4, -0.2) is 17.2 Å². The van der Waals surface area contributed by atoms with E-state index in [0.29, 0.717) is 6.29 Å². The second-order valence-electron chi connectivity index (χ2n) is 1.76. The zero-order valence-electron chi connectivity index (χ0n) is 5.61. The summed E-state index contributed by atoms with van der Waals surface area (Å²) in [6.07, 6.45) is 3.06. The summed E-state index contributed by atoms with van der Waals surface area (Å²) in [6.45, 7) is 0. The van der Waals surface area contributed by atoms with Crippen LogP contribution in [0.4, 0.5) is 6.01 Å². The van der Waals surface area contributed by atoms with Crippen molar-refractivity contribution in [3.63, 3.8) is 0 Å². The quantitative estimate of drug-likeness (QED) is 0.498. The van der Waals surface area contributed by atoms with Gasteiger partial charge in [0.2, 0.25) is 5.91 Å². The Morgan fingerprint density at radius 3 is 3.18 bits per heavy atom. The van der Waals surface area contributed by atoms with Gasteiger partial charge in [-0.2, -0.15) is 0 Å². The van der Waals surface area contributed by atoms with Gasteiger partial charge in [0.1, 0.15) is 12.5 Å². The van der Waals surface area contributed by atoms with E-state index in [1.807, 2.05) is 0 Å². The topological polar surface area (TPSA) is 72.2 Å². The average Bonchev–Trinajstić information content (AvgIpc) is 2.40. The highest BCUT2D eigenvalue weighted by Gasteiger charge is 2.02. The van der Waals surface area contributed by atoms with Crippen molar-refractivity contribution in [2.45, 2.75) is 6.42 Å². The van der Waals surface area contributed by atoms with Gasteiger partial charge in [0, 0.05) is 0 Å². The lowest BCUT2D eigenvalue weighted by atomic mass is 10.4. The summed E-state index contributed by atoms with van der Waals surface area (Å²) >= 11 is 0. The van der Waals surface area contributed by atoms with Gasteiger partial charge in [-0.25, -0.2) is 4.98 Å². The molecule has 0 spiro atoms. The van der Waals surface area contributed by atoms with Crippen LogP contribution in [0, 0.1) is 0 Å². The molecule has 11 heavy (non-hydrogen) atoms. The number of carbonyl (C=O) groups is 2. The van der Waals surface area contributed by atoms with Crippen LogP contribution in [0.1, 0.15) is 6.42 Å². The SMILES string of the molecule is O=CCC(=O)Nc1ncco1. The smallest absolute Gasteiger partial charge is 0.301 e. The van der Waals surface area contributed by atoms with Gasteiger partial charge < -0.3 is 9.21 Å². The molecular formula is C6H6N2O3. The highest BCUT2D eigenvalue weighted by Crippen LogP contribution is 2.00. The van der Waals surface area contributed by atoms with Crippen LogP contribution in [-0.2, 0) is 9.59 Å². The van der Waals surface area contributed by atoms with E-state index in [2.05, 4.69) is 10.3 Å². The van der Waals surface area contributed by atoms with Gasteiger partial charge in [-0.1, -0.05) is 0 Å². The first-order valence-corrected chi connectivity index (χ1v) is 2.96. The monoisotopic (exact) mass is 154 g/mol. The lowest BCUT2D eigenvalue weighted by Crippen LogP contribution is -2.11. The minimum absolute atomic E-state index is 0.108. The summed E-state index contributed by atoms with van der Waals surface area (Å²) < 4.78 is 4.69. The molecule has 0 aliphatic rings. The van der Waals surface area contributed by atoms with Gasteiger partial charge in [0.15, 0.2) is 0 Å². The molecule has 1 aromatic heterocycles. The lowest BCUT2D eigenvalue weighted by molar-refractivity contribution is -0.120. The van der Waals surface area contributed by atoms with Crippen molar-refractivity contribution in [1.29, 1.82) is 0 Å². The molecule has 0 aliphatic heterocycles. The van der Waals surface area contributed by atoms with E-state index in [1.165, 1.54) is 12.5 Å². The molecule has 5 heteroatoms. The Hall–Kier alpha value is -1.65. The molecule has 0 aromatic carbocycles. The fraction of sp³-hybridized carbons (Fsp3) is 0.167. The van der Waals surface area contributed by atoms with E-state index < -0.39 is 5.91 Å². The molecule has 0 radical (unpaired) electrons. The molecule has 0 atom stereocenters. The third-order valence-corrected chi connectivity index (χ3v) is 0.947. The summed E-state index contributed by atoms with van der Waals surface area (Å²) in [5, 5.41) is 2.27. The van der Waals surface area contributed by atoms with Crippen LogP contribution in [0.5, 0.6) is 0 Å². The predicted octanol–water partition coefficient (Wildman–Crippen LogP) is 0.202. The van der Waals surface area contributed by atoms with E-state index >= 15 is 0 Å². The fourth-order valence-electron chi connectivity index (χ4n) is 0.531. The van der Waals surface area contributed by atoms with Crippen molar-refractivity contribution >= 4 is 18.2 Å². The third kappa shape index (κ3) is 2.21. The summed E-state index contributed by atoms with van der Waals surface area (Å²) in [6, 6.07) is 0.108. The molecule has 1 amide bonds. The highest BCUT2D eigenvalue weighted by molar-refractivity contribution is 5.96. The van der Waals surface area contributed by atoms with Crippen molar-refractivity contribution in [3.05, 3.63) is 12.5 Å². The molecule has 1 rings (SSSR count). The zero-order valence-corrected chi connectivity index (χ0v) is 5.61. The maximum absolute atomic E-state index is 10.7. The Morgan fingerprint density at radius 2 is 2.64 bits per heavy atom. The Kier molecular flexibility index (Phi) is 2.37. The van der Waals surface area contributed by atoms with Gasteiger partial charge in [-0.3, -0.25) is 10.1 Å². The standard InChI is InChI=1S/C6H6N2O3/c9-3-1-5(10)8-6-7-2-4-11-6/h2-4H,1H2,(H,7,8,10). The molecule has 58 valence electrons. The third-order valence-electron chi connectivity index (χ3n) is 0.947. The maximum atomic E-state index is 10.7. The van der Waals surface area contributed by atoms with Crippen LogP contribution in [0.2, 0.25) is 0 Å². The summed E-state index contributed by atoms with van der Waals surface area (Å²) in [7, 11) is 0. The number of oxazole rings is 1. The second kappa shape index (κ2) is 3.50. The number of rotatable bonds is 3. The molecular weight excluding hydrogens is 148 g/mol. The molecule has 5 nitrogen and oxygen atoms in total. The van der Waals surface area contributed by atoms with Crippen LogP contribution >= 0.6 is 0 Å². The molecule has 0 saturated heterocycles. The Morgan fingerprint density at radius 1 is 1.82 bits per heavy atom. The van der Waals surface area contributed by atoms with Crippen LogP contribution in [0.15, 0.2) is 16.9 Å². The zero-order chi connectivity index (χ0) is 8.10. The fourth-order valence-corrected chi connectivity index (χ4v) is 0.531. The number of amides is 1. The Labute approximate surface area is 62.4 Å². The largest absolute Gasteiger partial charge is 0.432 e. The number of hydrogen-bond donors (Lipinski definition) is 1. The molecule has 0 bridgehead atoms. The van der Waals surface area contributed by atoms with Gasteiger partial charge >= 0.3 is 6.01 Å². The van der Waals surface area contributed by atoms with E-state index in [0.717, 1.165) is 0 Å². The summed E-state index contributed by atoms with van der Waals surface area (Å²) in [4.78, 5) is 24.1. The van der Waals surface area contributed by atoms with Crippen molar-refractivity contribution in [2.24, 2.45) is 0 Å². The number of anilines is 1. The predicted molar refractivity (Wildman–Crippen MR) is 35.8 cm³/mol. The number of nitrogens with zero attached hydrogens (tertiary/aromatic N) is 1. The molecule has 1 heterocycles. The first-order chi connectivity index (χ1) is 5.33. The van der Waals surface area contributed by atoms with E-state index in [9.17, 15) is 9.59 Å². The van der Waals surface area contributed by atoms with Gasteiger partial charge in [-0.05, 0) is 0 Å². The number of aldehydes is 1. The average molecular weight is 154 g/mol. The Bertz CT molecular complexity index is 242. The van der Waals surface area contributed by atoms with Crippen LogP contribution in [0.3, 0.4) is 0 Å². The van der Waals surface area contributed by atoms with Crippen LogP contribution < -0.4 is 5.32 Å². The van der Waals surface area contributed by atoms with Gasteiger partial charge in [0.25, 0.3) is 0 Å². The number of aromatic nitrogens is 1. The lowest BCUT2D eigenvalue weighted by Gasteiger charge is -1.93. The molecule has 0 saturated carbocycles. The van der Waals surface area contributed by atoms with E-state index in [4.69, 9.17) is 4.42 Å². The minimum Gasteiger partial charge on any atom is -0.432 e. The Balaban J connectivity index is 2.43. The highest BCUT2D eigenvalue weighted by atomic mass is 16.4. The van der Waals surface area contributed by atoms with E-state index in [1.54, 1.807) is 0 Å². The van der Waals surface area contributed by atoms with E-state index in [-0.39, 0.29) is 12.4 Å². The van der Waals surface area contributed by atoms with Crippen molar-refractivity contribution < 1.29 is 14.0 Å². The summed E-state index contributed by atoms with van der Waals surface area (Å²) in [5.41, 5.74) is 0. The molecule has 0 aliphatic carbocycles. The van der Waals surface area contributed by atoms with Gasteiger partial charge in [-0.15, -0.1) is 0 Å². The molecule has 0 unspecified atom stereocenters. The number of hydrogen-bond acceptors (Lipinski definition) is 4. The first-order valence-electron chi connectivity index (χ1n) is 2.96. The molecule has 0 fully saturated rings. The summed E-state index contributed by atoms with van der Waals surface area (Å²) in [5.74, 6) is -0.428. The van der Waals surface area contributed by atoms with Crippen LogP contribution in [0.25, 0.3) is 0 Å². The minimum atomic E-state index is -0.428. The van der Waals surface area contributed by atoms with Crippen molar-refractivity contribution in [3.8, 4) is 0 Å². The number of nitrogens with one attached hydrogen (secondary N) is 1. The van der Waals surface area contributed by atoms with Gasteiger partial charge in [0.05, 0.1) is 12.6 Å². The maximum Gasteiger partial charge on any atom is 0.301 e. The normalized spacial score (nSPS) is 9.09. The number of carbonyl (C=O) groups excluding carboxylic acids is 2. The molecule has 1 N–H and O–H groups in total.